The molecule has 1 saturated heterocycles. The van der Waals surface area contributed by atoms with E-state index in [1.165, 1.54) is 30.5 Å². The highest BCUT2D eigenvalue weighted by Gasteiger charge is 2.38. The Labute approximate surface area is 161 Å². The van der Waals surface area contributed by atoms with Crippen molar-refractivity contribution in [3.63, 3.8) is 0 Å². The van der Waals surface area contributed by atoms with Crippen molar-refractivity contribution in [2.45, 2.75) is 17.7 Å². The van der Waals surface area contributed by atoms with E-state index >= 15 is 0 Å². The molecule has 0 unspecified atom stereocenters. The molecule has 0 aliphatic carbocycles. The average Bonchev–Trinajstić information content (AvgIpc) is 3.19. The Morgan fingerprint density at radius 3 is 2.48 bits per heavy atom. The van der Waals surface area contributed by atoms with Crippen LogP contribution in [0.5, 0.6) is 0 Å². The molecule has 0 N–H and O–H groups in total. The number of likely N-dealkylation sites (tertiary alicyclic amines) is 1. The highest BCUT2D eigenvalue weighted by molar-refractivity contribution is 7.96. The lowest BCUT2D eigenvalue weighted by Gasteiger charge is -2.30. The van der Waals surface area contributed by atoms with Crippen LogP contribution in [0.15, 0.2) is 58.5 Å². The molecule has 0 saturated carbocycles. The number of carbonyl (C=O) groups excluding carboxylic acids is 1. The minimum Gasteiger partial charge on any atom is -0.338 e. The van der Waals surface area contributed by atoms with Crippen molar-refractivity contribution in [2.24, 2.45) is 0 Å². The van der Waals surface area contributed by atoms with E-state index in [1.54, 1.807) is 28.0 Å². The number of anilines is 2. The number of para-hydroxylation sites is 1. The fourth-order valence-corrected chi connectivity index (χ4v) is 5.07. The van der Waals surface area contributed by atoms with Gasteiger partial charge in [0.1, 0.15) is 5.82 Å². The summed E-state index contributed by atoms with van der Waals surface area (Å²) in [6, 6.07) is 10.5. The molecule has 1 fully saturated rings. The van der Waals surface area contributed by atoms with Crippen LogP contribution in [-0.2, 0) is 14.6 Å². The van der Waals surface area contributed by atoms with E-state index in [0.717, 1.165) is 12.8 Å². The van der Waals surface area contributed by atoms with Crippen LogP contribution in [0.3, 0.4) is 0 Å². The topological polar surface area (TPSA) is 57.7 Å². The molecule has 2 aliphatic rings. The summed E-state index contributed by atoms with van der Waals surface area (Å²) in [6.07, 6.45) is 3.02. The maximum absolute atomic E-state index is 13.6. The molecule has 2 aromatic carbocycles. The minimum atomic E-state index is -3.96. The van der Waals surface area contributed by atoms with Gasteiger partial charge in [-0.15, -0.1) is 0 Å². The van der Waals surface area contributed by atoms with Gasteiger partial charge in [-0.3, -0.25) is 4.79 Å². The number of rotatable bonds is 2. The van der Waals surface area contributed by atoms with E-state index < -0.39 is 21.6 Å². The molecule has 2 aliphatic heterocycles. The first-order chi connectivity index (χ1) is 12.9. The normalized spacial score (nSPS) is 18.2. The summed E-state index contributed by atoms with van der Waals surface area (Å²) < 4.78 is 39.7. The van der Waals surface area contributed by atoms with Crippen molar-refractivity contribution in [3.8, 4) is 0 Å². The van der Waals surface area contributed by atoms with Crippen molar-refractivity contribution < 1.29 is 17.6 Å². The molecule has 0 atom stereocenters. The first-order valence-electron chi connectivity index (χ1n) is 8.49. The monoisotopic (exact) mass is 406 g/mol. The van der Waals surface area contributed by atoms with Gasteiger partial charge >= 0.3 is 0 Å². The first kappa shape index (κ1) is 18.0. The molecule has 2 heterocycles. The van der Waals surface area contributed by atoms with Crippen LogP contribution in [-0.4, -0.2) is 32.3 Å². The Bertz CT molecular complexity index is 1060. The van der Waals surface area contributed by atoms with E-state index in [4.69, 9.17) is 11.6 Å². The van der Waals surface area contributed by atoms with Gasteiger partial charge in [0.15, 0.2) is 4.91 Å². The Balaban J connectivity index is 1.89. The van der Waals surface area contributed by atoms with Crippen LogP contribution in [0.25, 0.3) is 0 Å². The van der Waals surface area contributed by atoms with Gasteiger partial charge in [-0.2, -0.15) is 0 Å². The zero-order valence-corrected chi connectivity index (χ0v) is 15.8. The molecule has 0 radical (unpaired) electrons. The lowest BCUT2D eigenvalue weighted by atomic mass is 10.2. The number of fused-ring (bicyclic) bond motifs is 1. The third-order valence-electron chi connectivity index (χ3n) is 4.74. The number of carbonyl (C=O) groups is 1. The van der Waals surface area contributed by atoms with Gasteiger partial charge in [-0.1, -0.05) is 23.7 Å². The lowest BCUT2D eigenvalue weighted by molar-refractivity contribution is -0.125. The second-order valence-electron chi connectivity index (χ2n) is 6.43. The number of amides is 1. The molecule has 8 heteroatoms. The van der Waals surface area contributed by atoms with Crippen LogP contribution < -0.4 is 4.90 Å². The van der Waals surface area contributed by atoms with Crippen molar-refractivity contribution in [3.05, 3.63) is 64.4 Å². The van der Waals surface area contributed by atoms with Gasteiger partial charge in [0.25, 0.3) is 5.91 Å². The van der Waals surface area contributed by atoms with Crippen molar-refractivity contribution in [1.29, 1.82) is 0 Å². The summed E-state index contributed by atoms with van der Waals surface area (Å²) in [7, 11) is -3.96. The number of halogens is 2. The SMILES string of the molecule is O=C(C1=CN(c2ccc(F)c(Cl)c2)c2ccccc2S1(=O)=O)N1CCCC1. The standard InChI is InChI=1S/C19H16ClFN2O3S/c20-14-11-13(7-8-15(14)21)23-12-18(19(24)22-9-3-4-10-22)27(25,26)17-6-2-1-5-16(17)23/h1-2,5-8,11-12H,3-4,9-10H2. The van der Waals surface area contributed by atoms with Crippen LogP contribution >= 0.6 is 11.6 Å². The molecular formula is C19H16ClFN2O3S. The summed E-state index contributed by atoms with van der Waals surface area (Å²) in [4.78, 5) is 15.7. The number of hydrogen-bond donors (Lipinski definition) is 0. The molecule has 27 heavy (non-hydrogen) atoms. The zero-order chi connectivity index (χ0) is 19.2. The zero-order valence-electron chi connectivity index (χ0n) is 14.2. The van der Waals surface area contributed by atoms with Gasteiger partial charge in [0.2, 0.25) is 9.84 Å². The molecular weight excluding hydrogens is 391 g/mol. The summed E-state index contributed by atoms with van der Waals surface area (Å²) in [6.45, 7) is 1.07. The van der Waals surface area contributed by atoms with E-state index in [9.17, 15) is 17.6 Å². The minimum absolute atomic E-state index is 0.0375. The third kappa shape index (κ3) is 3.00. The van der Waals surface area contributed by atoms with Gasteiger partial charge in [0, 0.05) is 25.0 Å². The third-order valence-corrected chi connectivity index (χ3v) is 6.81. The van der Waals surface area contributed by atoms with Crippen molar-refractivity contribution >= 4 is 38.7 Å². The maximum atomic E-state index is 13.6. The predicted molar refractivity (Wildman–Crippen MR) is 101 cm³/mol. The van der Waals surface area contributed by atoms with E-state index in [1.807, 2.05) is 0 Å². The fraction of sp³-hybridized carbons (Fsp3) is 0.211. The Morgan fingerprint density at radius 2 is 1.78 bits per heavy atom. The van der Waals surface area contributed by atoms with Crippen LogP contribution in [0.4, 0.5) is 15.8 Å². The second-order valence-corrected chi connectivity index (χ2v) is 8.73. The Morgan fingerprint density at radius 1 is 1.07 bits per heavy atom. The van der Waals surface area contributed by atoms with E-state index in [-0.39, 0.29) is 14.8 Å². The van der Waals surface area contributed by atoms with E-state index in [2.05, 4.69) is 0 Å². The van der Waals surface area contributed by atoms with Crippen LogP contribution in [0, 0.1) is 5.82 Å². The van der Waals surface area contributed by atoms with Gasteiger partial charge < -0.3 is 9.80 Å². The largest absolute Gasteiger partial charge is 0.338 e. The highest BCUT2D eigenvalue weighted by Crippen LogP contribution is 2.40. The molecule has 4 rings (SSSR count). The molecule has 0 aromatic heterocycles. The first-order valence-corrected chi connectivity index (χ1v) is 10.4. The van der Waals surface area contributed by atoms with Gasteiger partial charge in [-0.25, -0.2) is 12.8 Å². The molecule has 1 amide bonds. The van der Waals surface area contributed by atoms with Gasteiger partial charge in [-0.05, 0) is 43.2 Å². The average molecular weight is 407 g/mol. The second kappa shape index (κ2) is 6.65. The predicted octanol–water partition coefficient (Wildman–Crippen LogP) is 3.87. The quantitative estimate of drug-likeness (QED) is 0.759. The van der Waals surface area contributed by atoms with E-state index in [0.29, 0.717) is 24.5 Å². The summed E-state index contributed by atoms with van der Waals surface area (Å²) in [5.41, 5.74) is 0.855. The van der Waals surface area contributed by atoms with Crippen molar-refractivity contribution in [1.82, 2.24) is 4.90 Å². The smallest absolute Gasteiger partial charge is 0.267 e. The van der Waals surface area contributed by atoms with Gasteiger partial charge in [0.05, 0.1) is 15.6 Å². The number of hydrogen-bond acceptors (Lipinski definition) is 4. The molecule has 2 aromatic rings. The number of sulfone groups is 1. The maximum Gasteiger partial charge on any atom is 0.267 e. The molecule has 5 nitrogen and oxygen atoms in total. The number of benzene rings is 2. The Hall–Kier alpha value is -2.38. The summed E-state index contributed by atoms with van der Waals surface area (Å²) in [5.74, 6) is -1.09. The van der Waals surface area contributed by atoms with Crippen LogP contribution in [0.1, 0.15) is 12.8 Å². The fourth-order valence-electron chi connectivity index (χ4n) is 3.35. The number of nitrogens with zero attached hydrogens (tertiary/aromatic N) is 2. The van der Waals surface area contributed by atoms with Crippen molar-refractivity contribution in [2.75, 3.05) is 18.0 Å². The molecule has 140 valence electrons. The Kier molecular flexibility index (Phi) is 4.44. The summed E-state index contributed by atoms with van der Waals surface area (Å²) >= 11 is 5.90. The molecule has 0 spiro atoms. The molecule has 0 bridgehead atoms. The summed E-state index contributed by atoms with van der Waals surface area (Å²) in [5, 5.41) is -0.0840. The van der Waals surface area contributed by atoms with Crippen LogP contribution in [0.2, 0.25) is 5.02 Å². The lowest BCUT2D eigenvalue weighted by Crippen LogP contribution is -2.35. The highest BCUT2D eigenvalue weighted by atomic mass is 35.5.